The fourth-order valence-electron chi connectivity index (χ4n) is 2.72. The first-order valence-corrected chi connectivity index (χ1v) is 10.1. The summed E-state index contributed by atoms with van der Waals surface area (Å²) in [6, 6.07) is 23.8. The van der Waals surface area contributed by atoms with E-state index in [0.717, 1.165) is 36.3 Å². The number of benzene rings is 3. The van der Waals surface area contributed by atoms with Crippen LogP contribution in [0.15, 0.2) is 85.1 Å². The molecule has 3 rings (SSSR count). The Labute approximate surface area is 182 Å². The first kappa shape index (κ1) is 21.7. The monoisotopic (exact) mass is 413 g/mol. The largest absolute Gasteiger partial charge is 0.494 e. The van der Waals surface area contributed by atoms with Crippen molar-refractivity contribution in [3.8, 4) is 34.4 Å². The lowest BCUT2D eigenvalue weighted by atomic mass is 10.1. The molecule has 0 radical (unpaired) electrons. The van der Waals surface area contributed by atoms with Crippen LogP contribution in [-0.2, 0) is 4.79 Å². The van der Waals surface area contributed by atoms with Gasteiger partial charge in [0.2, 0.25) is 0 Å². The Balaban J connectivity index is 1.50. The van der Waals surface area contributed by atoms with Crippen LogP contribution in [0.2, 0.25) is 0 Å². The normalized spacial score (nSPS) is 10.5. The Morgan fingerprint density at radius 2 is 1.45 bits per heavy atom. The maximum Gasteiger partial charge on any atom is 0.339 e. The van der Waals surface area contributed by atoms with Crippen molar-refractivity contribution < 1.29 is 19.0 Å². The van der Waals surface area contributed by atoms with Crippen molar-refractivity contribution in [1.82, 2.24) is 0 Å². The molecule has 0 N–H and O–H groups in total. The number of unbranched alkanes of at least 4 members (excludes halogenated alkanes) is 1. The molecule has 0 aliphatic heterocycles. The van der Waals surface area contributed by atoms with Crippen molar-refractivity contribution in [2.75, 3.05) is 6.61 Å². The number of carbonyl (C=O) groups is 1. The molecule has 5 heteroatoms. The van der Waals surface area contributed by atoms with Crippen molar-refractivity contribution in [1.29, 1.82) is 5.26 Å². The van der Waals surface area contributed by atoms with Gasteiger partial charge in [-0.05, 0) is 66.1 Å². The summed E-state index contributed by atoms with van der Waals surface area (Å²) < 4.78 is 16.3. The molecular formula is C26H23NO4. The highest BCUT2D eigenvalue weighted by molar-refractivity contribution is 5.83. The average molecular weight is 413 g/mol. The van der Waals surface area contributed by atoms with E-state index < -0.39 is 5.97 Å². The van der Waals surface area contributed by atoms with Gasteiger partial charge in [-0.15, -0.1) is 0 Å². The molecule has 0 spiro atoms. The third-order valence-electron chi connectivity index (χ3n) is 4.42. The van der Waals surface area contributed by atoms with Gasteiger partial charge in [0.15, 0.2) is 0 Å². The van der Waals surface area contributed by atoms with Crippen LogP contribution in [-0.4, -0.2) is 12.6 Å². The Hall–Kier alpha value is -4.04. The van der Waals surface area contributed by atoms with Gasteiger partial charge in [0.05, 0.1) is 30.6 Å². The maximum absolute atomic E-state index is 11.8. The first-order chi connectivity index (χ1) is 15.2. The molecule has 0 saturated heterocycles. The summed E-state index contributed by atoms with van der Waals surface area (Å²) >= 11 is 0. The van der Waals surface area contributed by atoms with Crippen LogP contribution in [0.3, 0.4) is 0 Å². The van der Waals surface area contributed by atoms with Crippen LogP contribution in [0.5, 0.6) is 17.2 Å². The number of esters is 1. The zero-order valence-corrected chi connectivity index (χ0v) is 17.3. The molecule has 156 valence electrons. The maximum atomic E-state index is 11.8. The fraction of sp³-hybridized carbons (Fsp3) is 0.154. The predicted octanol–water partition coefficient (Wildman–Crippen LogP) is 5.90. The molecular weight excluding hydrogens is 390 g/mol. The Bertz CT molecular complexity index is 1050. The van der Waals surface area contributed by atoms with E-state index in [4.69, 9.17) is 19.5 Å². The van der Waals surface area contributed by atoms with E-state index in [1.54, 1.807) is 24.3 Å². The van der Waals surface area contributed by atoms with Crippen LogP contribution in [0.4, 0.5) is 0 Å². The van der Waals surface area contributed by atoms with Gasteiger partial charge in [0.1, 0.15) is 17.2 Å². The van der Waals surface area contributed by atoms with Gasteiger partial charge in [-0.2, -0.15) is 5.26 Å². The fourth-order valence-corrected chi connectivity index (χ4v) is 2.72. The highest BCUT2D eigenvalue weighted by atomic mass is 16.5. The van der Waals surface area contributed by atoms with E-state index >= 15 is 0 Å². The van der Waals surface area contributed by atoms with E-state index in [1.807, 2.05) is 54.6 Å². The van der Waals surface area contributed by atoms with Crippen LogP contribution < -0.4 is 14.2 Å². The average Bonchev–Trinajstić information content (AvgIpc) is 2.81. The number of ether oxygens (including phenoxy) is 3. The van der Waals surface area contributed by atoms with Crippen molar-refractivity contribution in [3.63, 3.8) is 0 Å². The minimum absolute atomic E-state index is 0.361. The smallest absolute Gasteiger partial charge is 0.339 e. The van der Waals surface area contributed by atoms with E-state index in [2.05, 4.69) is 6.92 Å². The molecule has 3 aromatic carbocycles. The molecule has 0 unspecified atom stereocenters. The second-order valence-electron chi connectivity index (χ2n) is 6.73. The summed E-state index contributed by atoms with van der Waals surface area (Å²) in [7, 11) is 0. The SMILES string of the molecule is CCCCOc1ccc(-c2ccc(O/C=C/C(=O)Oc3ccc(C#N)cc3)cc2)cc1. The molecule has 0 aliphatic carbocycles. The quantitative estimate of drug-likeness (QED) is 0.144. The standard InChI is InChI=1S/C26H23NO4/c1-2-3-17-29-23-12-6-21(7-13-23)22-8-14-24(15-9-22)30-18-16-26(28)31-25-10-4-20(19-27)5-11-25/h4-16,18H,2-3,17H2,1H3/b18-16+. The number of nitriles is 1. The molecule has 0 atom stereocenters. The van der Waals surface area contributed by atoms with E-state index in [0.29, 0.717) is 17.1 Å². The van der Waals surface area contributed by atoms with E-state index in [9.17, 15) is 4.79 Å². The number of hydrogen-bond donors (Lipinski definition) is 0. The summed E-state index contributed by atoms with van der Waals surface area (Å²) in [5, 5.41) is 8.77. The Morgan fingerprint density at radius 1 is 0.871 bits per heavy atom. The van der Waals surface area contributed by atoms with Crippen LogP contribution in [0, 0.1) is 11.3 Å². The van der Waals surface area contributed by atoms with Crippen molar-refractivity contribution in [2.45, 2.75) is 19.8 Å². The van der Waals surface area contributed by atoms with E-state index in [-0.39, 0.29) is 0 Å². The summed E-state index contributed by atoms with van der Waals surface area (Å²) in [4.78, 5) is 11.8. The van der Waals surface area contributed by atoms with Crippen molar-refractivity contribution >= 4 is 5.97 Å². The molecule has 5 nitrogen and oxygen atoms in total. The van der Waals surface area contributed by atoms with Crippen LogP contribution >= 0.6 is 0 Å². The molecule has 0 saturated carbocycles. The molecule has 0 amide bonds. The zero-order valence-electron chi connectivity index (χ0n) is 17.3. The van der Waals surface area contributed by atoms with Gasteiger partial charge in [-0.1, -0.05) is 37.6 Å². The van der Waals surface area contributed by atoms with Gasteiger partial charge < -0.3 is 14.2 Å². The summed E-state index contributed by atoms with van der Waals surface area (Å²) in [5.74, 6) is 1.27. The topological polar surface area (TPSA) is 68.6 Å². The lowest BCUT2D eigenvalue weighted by Crippen LogP contribution is -2.04. The highest BCUT2D eigenvalue weighted by Crippen LogP contribution is 2.25. The predicted molar refractivity (Wildman–Crippen MR) is 119 cm³/mol. The second kappa shape index (κ2) is 11.2. The van der Waals surface area contributed by atoms with Gasteiger partial charge >= 0.3 is 5.97 Å². The molecule has 0 heterocycles. The first-order valence-electron chi connectivity index (χ1n) is 10.1. The number of nitrogens with zero attached hydrogens (tertiary/aromatic N) is 1. The van der Waals surface area contributed by atoms with Crippen molar-refractivity contribution in [2.24, 2.45) is 0 Å². The minimum atomic E-state index is -0.567. The molecule has 0 bridgehead atoms. The number of hydrogen-bond acceptors (Lipinski definition) is 5. The Morgan fingerprint density at radius 3 is 2.03 bits per heavy atom. The van der Waals surface area contributed by atoms with Gasteiger partial charge in [0.25, 0.3) is 0 Å². The lowest BCUT2D eigenvalue weighted by molar-refractivity contribution is -0.129. The van der Waals surface area contributed by atoms with Crippen LogP contribution in [0.1, 0.15) is 25.3 Å². The molecule has 3 aromatic rings. The van der Waals surface area contributed by atoms with Gasteiger partial charge in [-0.25, -0.2) is 4.79 Å². The molecule has 31 heavy (non-hydrogen) atoms. The van der Waals surface area contributed by atoms with Crippen LogP contribution in [0.25, 0.3) is 11.1 Å². The minimum Gasteiger partial charge on any atom is -0.494 e. The summed E-state index contributed by atoms with van der Waals surface area (Å²) in [5.41, 5.74) is 2.63. The highest BCUT2D eigenvalue weighted by Gasteiger charge is 2.02. The van der Waals surface area contributed by atoms with Crippen molar-refractivity contribution in [3.05, 3.63) is 90.7 Å². The molecule has 0 fully saturated rings. The third kappa shape index (κ3) is 6.76. The molecule has 0 aromatic heterocycles. The van der Waals surface area contributed by atoms with E-state index in [1.165, 1.54) is 12.3 Å². The second-order valence-corrected chi connectivity index (χ2v) is 6.73. The number of carbonyl (C=O) groups excluding carboxylic acids is 1. The summed E-state index contributed by atoms with van der Waals surface area (Å²) in [6.45, 7) is 2.87. The third-order valence-corrected chi connectivity index (χ3v) is 4.42. The zero-order chi connectivity index (χ0) is 21.9. The van der Waals surface area contributed by atoms with Gasteiger partial charge in [0, 0.05) is 0 Å². The van der Waals surface area contributed by atoms with Gasteiger partial charge in [-0.3, -0.25) is 0 Å². The number of rotatable bonds is 9. The molecule has 0 aliphatic rings. The lowest BCUT2D eigenvalue weighted by Gasteiger charge is -2.07. The Kier molecular flexibility index (Phi) is 7.84. The summed E-state index contributed by atoms with van der Waals surface area (Å²) in [6.07, 6.45) is 4.64.